The zero-order valence-electron chi connectivity index (χ0n) is 6.39. The van der Waals surface area contributed by atoms with Crippen molar-refractivity contribution in [3.8, 4) is 0 Å². The van der Waals surface area contributed by atoms with Crippen molar-refractivity contribution in [2.75, 3.05) is 12.8 Å². The summed E-state index contributed by atoms with van der Waals surface area (Å²) in [6.45, 7) is 4.13. The minimum atomic E-state index is -0.248. The average molecular weight is 160 g/mol. The number of ether oxygens (including phenoxy) is 1. The van der Waals surface area contributed by atoms with E-state index in [4.69, 9.17) is 0 Å². The Kier molecular flexibility index (Phi) is 5.23. The van der Waals surface area contributed by atoms with Crippen molar-refractivity contribution in [3.05, 3.63) is 11.6 Å². The molecule has 0 spiro atoms. The number of rotatable bonds is 3. The molecular formula is C7H13O2P. The molecule has 0 saturated carbocycles. The van der Waals surface area contributed by atoms with Crippen molar-refractivity contribution in [1.82, 2.24) is 0 Å². The standard InChI is InChI=1S/C7H13O2P/c1-3-9-7(8)4-6(2)5-10/h4H,3,5,10H2,1-2H3/b6-4+. The van der Waals surface area contributed by atoms with E-state index in [2.05, 4.69) is 14.0 Å². The third-order valence-corrected chi connectivity index (χ3v) is 1.62. The summed E-state index contributed by atoms with van der Waals surface area (Å²) in [7, 11) is 2.54. The van der Waals surface area contributed by atoms with Crippen molar-refractivity contribution in [2.24, 2.45) is 0 Å². The van der Waals surface area contributed by atoms with E-state index in [1.54, 1.807) is 6.92 Å². The van der Waals surface area contributed by atoms with E-state index in [1.165, 1.54) is 6.08 Å². The van der Waals surface area contributed by atoms with Crippen LogP contribution in [0.25, 0.3) is 0 Å². The normalized spacial score (nSPS) is 11.3. The summed E-state index contributed by atoms with van der Waals surface area (Å²) in [6, 6.07) is 0. The molecular weight excluding hydrogens is 147 g/mol. The molecule has 0 aromatic heterocycles. The molecule has 0 heterocycles. The lowest BCUT2D eigenvalue weighted by atomic mass is 10.3. The Balaban J connectivity index is 3.75. The number of hydrogen-bond acceptors (Lipinski definition) is 2. The molecule has 0 aromatic rings. The minimum Gasteiger partial charge on any atom is -0.463 e. The zero-order chi connectivity index (χ0) is 7.98. The van der Waals surface area contributed by atoms with Gasteiger partial charge in [0.15, 0.2) is 0 Å². The second-order valence-electron chi connectivity index (χ2n) is 1.95. The van der Waals surface area contributed by atoms with Crippen molar-refractivity contribution in [2.45, 2.75) is 13.8 Å². The molecule has 1 unspecified atom stereocenters. The Bertz CT molecular complexity index is 141. The lowest BCUT2D eigenvalue weighted by Gasteiger charge is -1.96. The van der Waals surface area contributed by atoms with E-state index in [0.29, 0.717) is 6.61 Å². The Morgan fingerprint density at radius 3 is 2.70 bits per heavy atom. The molecule has 1 atom stereocenters. The van der Waals surface area contributed by atoms with Crippen LogP contribution in [0.15, 0.2) is 11.6 Å². The fourth-order valence-electron chi connectivity index (χ4n) is 0.444. The fourth-order valence-corrected chi connectivity index (χ4v) is 0.562. The Hall–Kier alpha value is -0.360. The smallest absolute Gasteiger partial charge is 0.330 e. The maximum atomic E-state index is 10.7. The Morgan fingerprint density at radius 1 is 1.70 bits per heavy atom. The number of esters is 1. The summed E-state index contributed by atoms with van der Waals surface area (Å²) in [5.74, 6) is -0.248. The van der Waals surface area contributed by atoms with Gasteiger partial charge in [-0.05, 0) is 20.0 Å². The summed E-state index contributed by atoms with van der Waals surface area (Å²) >= 11 is 0. The van der Waals surface area contributed by atoms with Gasteiger partial charge in [-0.15, -0.1) is 9.24 Å². The maximum Gasteiger partial charge on any atom is 0.330 e. The van der Waals surface area contributed by atoms with Gasteiger partial charge in [0.25, 0.3) is 0 Å². The first kappa shape index (κ1) is 9.64. The third-order valence-electron chi connectivity index (χ3n) is 0.973. The lowest BCUT2D eigenvalue weighted by Crippen LogP contribution is -2.00. The zero-order valence-corrected chi connectivity index (χ0v) is 7.54. The van der Waals surface area contributed by atoms with Gasteiger partial charge in [-0.3, -0.25) is 0 Å². The molecule has 58 valence electrons. The van der Waals surface area contributed by atoms with Crippen molar-refractivity contribution >= 4 is 15.2 Å². The van der Waals surface area contributed by atoms with Gasteiger partial charge in [-0.25, -0.2) is 4.79 Å². The molecule has 0 amide bonds. The lowest BCUT2D eigenvalue weighted by molar-refractivity contribution is -0.137. The van der Waals surface area contributed by atoms with E-state index >= 15 is 0 Å². The summed E-state index contributed by atoms with van der Waals surface area (Å²) in [4.78, 5) is 10.7. The van der Waals surface area contributed by atoms with Crippen LogP contribution in [0.1, 0.15) is 13.8 Å². The molecule has 10 heavy (non-hydrogen) atoms. The van der Waals surface area contributed by atoms with Gasteiger partial charge in [0.2, 0.25) is 0 Å². The van der Waals surface area contributed by atoms with Gasteiger partial charge in [0.05, 0.1) is 6.61 Å². The number of hydrogen-bond donors (Lipinski definition) is 0. The second kappa shape index (κ2) is 5.43. The number of allylic oxidation sites excluding steroid dienone is 1. The highest BCUT2D eigenvalue weighted by molar-refractivity contribution is 7.16. The largest absolute Gasteiger partial charge is 0.463 e. The van der Waals surface area contributed by atoms with Gasteiger partial charge in [0.1, 0.15) is 0 Å². The van der Waals surface area contributed by atoms with Crippen molar-refractivity contribution < 1.29 is 9.53 Å². The summed E-state index contributed by atoms with van der Waals surface area (Å²) in [5.41, 5.74) is 1.02. The number of carbonyl (C=O) groups excluding carboxylic acids is 1. The highest BCUT2D eigenvalue weighted by atomic mass is 31.0. The molecule has 0 aliphatic rings. The van der Waals surface area contributed by atoms with Crippen LogP contribution in [0, 0.1) is 0 Å². The summed E-state index contributed by atoms with van der Waals surface area (Å²) in [5, 5.41) is 0. The van der Waals surface area contributed by atoms with Crippen LogP contribution in [0.4, 0.5) is 0 Å². The predicted octanol–water partition coefficient (Wildman–Crippen LogP) is 1.37. The SMILES string of the molecule is CCOC(=O)/C=C(\C)CP. The topological polar surface area (TPSA) is 26.3 Å². The Labute approximate surface area is 63.8 Å². The average Bonchev–Trinajstić information content (AvgIpc) is 1.88. The third kappa shape index (κ3) is 4.51. The molecule has 0 aliphatic heterocycles. The van der Waals surface area contributed by atoms with Gasteiger partial charge >= 0.3 is 5.97 Å². The van der Waals surface area contributed by atoms with Crippen LogP contribution >= 0.6 is 9.24 Å². The molecule has 0 saturated heterocycles. The molecule has 3 heteroatoms. The van der Waals surface area contributed by atoms with E-state index in [0.717, 1.165) is 11.7 Å². The van der Waals surface area contributed by atoms with E-state index in [-0.39, 0.29) is 5.97 Å². The molecule has 0 rings (SSSR count). The quantitative estimate of drug-likeness (QED) is 0.354. The highest BCUT2D eigenvalue weighted by Crippen LogP contribution is 1.97. The fraction of sp³-hybridized carbons (Fsp3) is 0.571. The number of carbonyl (C=O) groups is 1. The van der Waals surface area contributed by atoms with Crippen molar-refractivity contribution in [1.29, 1.82) is 0 Å². The van der Waals surface area contributed by atoms with Gasteiger partial charge in [0, 0.05) is 6.08 Å². The van der Waals surface area contributed by atoms with Crippen LogP contribution in [0.2, 0.25) is 0 Å². The minimum absolute atomic E-state index is 0.248. The van der Waals surface area contributed by atoms with E-state index < -0.39 is 0 Å². The first-order valence-corrected chi connectivity index (χ1v) is 4.06. The summed E-state index contributed by atoms with van der Waals surface area (Å²) < 4.78 is 4.69. The Morgan fingerprint density at radius 2 is 2.30 bits per heavy atom. The van der Waals surface area contributed by atoms with Gasteiger partial charge in [-0.2, -0.15) is 0 Å². The van der Waals surface area contributed by atoms with Crippen LogP contribution < -0.4 is 0 Å². The van der Waals surface area contributed by atoms with Crippen LogP contribution in [-0.2, 0) is 9.53 Å². The molecule has 0 fully saturated rings. The summed E-state index contributed by atoms with van der Waals surface area (Å²) in [6.07, 6.45) is 2.33. The molecule has 0 N–H and O–H groups in total. The van der Waals surface area contributed by atoms with Crippen LogP contribution in [0.3, 0.4) is 0 Å². The monoisotopic (exact) mass is 160 g/mol. The molecule has 0 aromatic carbocycles. The van der Waals surface area contributed by atoms with Gasteiger partial charge < -0.3 is 4.74 Å². The maximum absolute atomic E-state index is 10.7. The molecule has 0 radical (unpaired) electrons. The van der Waals surface area contributed by atoms with Crippen LogP contribution in [0.5, 0.6) is 0 Å². The highest BCUT2D eigenvalue weighted by Gasteiger charge is 1.94. The molecule has 0 aliphatic carbocycles. The first-order chi connectivity index (χ1) is 4.70. The molecule has 2 nitrogen and oxygen atoms in total. The predicted molar refractivity (Wildman–Crippen MR) is 45.0 cm³/mol. The molecule has 0 bridgehead atoms. The van der Waals surface area contributed by atoms with Crippen LogP contribution in [-0.4, -0.2) is 18.7 Å². The first-order valence-electron chi connectivity index (χ1n) is 3.24. The van der Waals surface area contributed by atoms with Gasteiger partial charge in [-0.1, -0.05) is 5.57 Å². The van der Waals surface area contributed by atoms with E-state index in [1.807, 2.05) is 6.92 Å². The van der Waals surface area contributed by atoms with Crippen molar-refractivity contribution in [3.63, 3.8) is 0 Å². The second-order valence-corrected chi connectivity index (χ2v) is 2.36. The van der Waals surface area contributed by atoms with E-state index in [9.17, 15) is 4.79 Å².